The fraction of sp³-hybridized carbons (Fsp3) is 0.212. The molecule has 0 aliphatic carbocycles. The van der Waals surface area contributed by atoms with Gasteiger partial charge in [-0.25, -0.2) is 32.5 Å². The van der Waals surface area contributed by atoms with Crippen molar-refractivity contribution in [2.24, 2.45) is 11.7 Å². The Morgan fingerprint density at radius 1 is 1.02 bits per heavy atom. The van der Waals surface area contributed by atoms with Crippen molar-refractivity contribution in [1.29, 1.82) is 0 Å². The first-order chi connectivity index (χ1) is 22.1. The maximum absolute atomic E-state index is 14.1. The van der Waals surface area contributed by atoms with E-state index < -0.39 is 32.4 Å². The van der Waals surface area contributed by atoms with Gasteiger partial charge in [0.05, 0.1) is 39.7 Å². The third-order valence-corrected chi connectivity index (χ3v) is 11.9. The molecule has 1 spiro atoms. The van der Waals surface area contributed by atoms with E-state index in [4.69, 9.17) is 17.3 Å². The van der Waals surface area contributed by atoms with E-state index in [1.54, 1.807) is 55.0 Å². The number of anilines is 2. The number of likely N-dealkylation sites (tertiary alicyclic amines) is 1. The summed E-state index contributed by atoms with van der Waals surface area (Å²) in [6.45, 7) is 0.0930. The molecule has 2 aliphatic rings. The minimum absolute atomic E-state index is 0.142. The lowest BCUT2D eigenvalue weighted by Gasteiger charge is -2.50. The number of para-hydroxylation sites is 1. The number of amides is 3. The zero-order valence-electron chi connectivity index (χ0n) is 24.4. The molecule has 1 atom stereocenters. The highest BCUT2D eigenvalue weighted by Gasteiger charge is 2.64. The molecule has 3 aromatic carbocycles. The maximum atomic E-state index is 14.1. The molecule has 13 heteroatoms. The van der Waals surface area contributed by atoms with Crippen LogP contribution in [0.1, 0.15) is 12.0 Å². The quantitative estimate of drug-likeness (QED) is 0.268. The summed E-state index contributed by atoms with van der Waals surface area (Å²) in [5, 5.41) is 0.203. The topological polar surface area (TPSA) is 131 Å². The van der Waals surface area contributed by atoms with Gasteiger partial charge in [0.25, 0.3) is 0 Å². The maximum Gasteiger partial charge on any atom is 0.330 e. The zero-order valence-corrected chi connectivity index (χ0v) is 26.0. The lowest BCUT2D eigenvalue weighted by Crippen LogP contribution is -2.71. The van der Waals surface area contributed by atoms with E-state index in [9.17, 15) is 22.4 Å². The number of hydrogen-bond acceptors (Lipinski definition) is 6. The minimum atomic E-state index is -3.64. The summed E-state index contributed by atoms with van der Waals surface area (Å²) in [6.07, 6.45) is 3.39. The number of imidazole rings is 1. The summed E-state index contributed by atoms with van der Waals surface area (Å²) in [5.74, 6) is -1.85. The lowest BCUT2D eigenvalue weighted by atomic mass is 9.83. The molecule has 46 heavy (non-hydrogen) atoms. The SMILES string of the molecule is NC(=O)C1CCS(=O)(=O)C12CN(C(=O)N(c1ccccc1)c1nccc(-c3ccc4ncn(Cc5cccc(F)c5)c4c3)c1Cl)C2. The molecule has 7 rings (SSSR count). The molecule has 1 unspecified atom stereocenters. The normalized spacial score (nSPS) is 18.0. The van der Waals surface area contributed by atoms with Crippen LogP contribution in [-0.4, -0.2) is 63.4 Å². The van der Waals surface area contributed by atoms with Gasteiger partial charge in [-0.3, -0.25) is 4.79 Å². The molecular formula is C33H28ClFN6O4S. The van der Waals surface area contributed by atoms with Gasteiger partial charge < -0.3 is 15.2 Å². The Balaban J connectivity index is 1.25. The Morgan fingerprint density at radius 2 is 1.80 bits per heavy atom. The van der Waals surface area contributed by atoms with Crippen molar-refractivity contribution >= 4 is 55.9 Å². The summed E-state index contributed by atoms with van der Waals surface area (Å²) < 4.78 is 40.4. The van der Waals surface area contributed by atoms with Crippen LogP contribution in [0.3, 0.4) is 0 Å². The number of primary amides is 1. The number of carbonyl (C=O) groups excluding carboxylic acids is 2. The second kappa shape index (κ2) is 11.2. The van der Waals surface area contributed by atoms with Gasteiger partial charge in [-0.2, -0.15) is 0 Å². The predicted molar refractivity (Wildman–Crippen MR) is 173 cm³/mol. The number of hydrogen-bond donors (Lipinski definition) is 1. The monoisotopic (exact) mass is 658 g/mol. The molecule has 2 aliphatic heterocycles. The molecular weight excluding hydrogens is 631 g/mol. The van der Waals surface area contributed by atoms with E-state index in [0.717, 1.165) is 22.2 Å². The van der Waals surface area contributed by atoms with Gasteiger partial charge in [-0.05, 0) is 60.0 Å². The Labute approximate surface area is 269 Å². The van der Waals surface area contributed by atoms with Crippen LogP contribution in [0.4, 0.5) is 20.7 Å². The van der Waals surface area contributed by atoms with Gasteiger partial charge in [-0.15, -0.1) is 0 Å². The van der Waals surface area contributed by atoms with E-state index in [1.165, 1.54) is 21.9 Å². The van der Waals surface area contributed by atoms with Gasteiger partial charge in [0.2, 0.25) is 5.91 Å². The van der Waals surface area contributed by atoms with E-state index in [1.807, 2.05) is 28.8 Å². The minimum Gasteiger partial charge on any atom is -0.369 e. The number of halogens is 2. The number of benzene rings is 3. The largest absolute Gasteiger partial charge is 0.369 e. The van der Waals surface area contributed by atoms with Gasteiger partial charge >= 0.3 is 6.03 Å². The van der Waals surface area contributed by atoms with Crippen LogP contribution in [-0.2, 0) is 21.2 Å². The highest BCUT2D eigenvalue weighted by Crippen LogP contribution is 2.46. The fourth-order valence-corrected chi connectivity index (χ4v) is 9.18. The van der Waals surface area contributed by atoms with Crippen LogP contribution >= 0.6 is 11.6 Å². The molecule has 0 bridgehead atoms. The standard InChI is InChI=1S/C33H28ClFN6O4S/c34-29-25(22-9-10-27-28(16-22)39(20-38-27)17-21-5-4-6-23(35)15-21)11-13-37-31(29)41(24-7-2-1-3-8-24)32(43)40-18-33(19-40)26(30(36)42)12-14-46(33,44)45/h1-11,13,15-16,20,26H,12,14,17-19H2,(H2,36,42). The molecule has 4 heterocycles. The smallest absolute Gasteiger partial charge is 0.330 e. The Kier molecular flexibility index (Phi) is 7.28. The number of carbonyl (C=O) groups is 2. The Hall–Kier alpha value is -4.81. The van der Waals surface area contributed by atoms with Gasteiger partial charge in [0.15, 0.2) is 15.7 Å². The molecule has 3 amide bonds. The second-order valence-electron chi connectivity index (χ2n) is 11.6. The summed E-state index contributed by atoms with van der Waals surface area (Å²) in [4.78, 5) is 38.0. The Morgan fingerprint density at radius 3 is 2.54 bits per heavy atom. The highest BCUT2D eigenvalue weighted by molar-refractivity contribution is 7.93. The van der Waals surface area contributed by atoms with Gasteiger partial charge in [-0.1, -0.05) is 48.0 Å². The van der Waals surface area contributed by atoms with E-state index in [0.29, 0.717) is 17.8 Å². The number of sulfone groups is 1. The molecule has 2 N–H and O–H groups in total. The van der Waals surface area contributed by atoms with E-state index in [2.05, 4.69) is 9.97 Å². The molecule has 0 saturated carbocycles. The lowest BCUT2D eigenvalue weighted by molar-refractivity contribution is -0.124. The van der Waals surface area contributed by atoms with Crippen LogP contribution in [0, 0.1) is 11.7 Å². The van der Waals surface area contributed by atoms with Crippen LogP contribution in [0.15, 0.2) is 91.4 Å². The number of nitrogens with two attached hydrogens (primary N) is 1. The molecule has 5 aromatic rings. The Bertz CT molecular complexity index is 2120. The summed E-state index contributed by atoms with van der Waals surface area (Å²) in [6, 6.07) is 22.1. The summed E-state index contributed by atoms with van der Waals surface area (Å²) >= 11 is 7.04. The number of rotatable bonds is 6. The predicted octanol–water partition coefficient (Wildman–Crippen LogP) is 5.17. The van der Waals surface area contributed by atoms with E-state index in [-0.39, 0.29) is 41.9 Å². The molecule has 10 nitrogen and oxygen atoms in total. The van der Waals surface area contributed by atoms with Crippen LogP contribution in [0.25, 0.3) is 22.2 Å². The van der Waals surface area contributed by atoms with E-state index >= 15 is 0 Å². The third kappa shape index (κ3) is 4.88. The van der Waals surface area contributed by atoms with Crippen molar-refractivity contribution in [3.63, 3.8) is 0 Å². The third-order valence-electron chi connectivity index (χ3n) is 8.92. The summed E-state index contributed by atoms with van der Waals surface area (Å²) in [7, 11) is -3.64. The second-order valence-corrected chi connectivity index (χ2v) is 14.5. The molecule has 2 fully saturated rings. The van der Waals surface area contributed by atoms with Crippen molar-refractivity contribution in [2.45, 2.75) is 17.7 Å². The molecule has 2 aromatic heterocycles. The fourth-order valence-electron chi connectivity index (χ4n) is 6.55. The van der Waals surface area contributed by atoms with Crippen LogP contribution in [0.2, 0.25) is 5.02 Å². The highest BCUT2D eigenvalue weighted by atomic mass is 35.5. The first kappa shape index (κ1) is 29.9. The van der Waals surface area contributed by atoms with Crippen LogP contribution < -0.4 is 10.6 Å². The molecule has 2 saturated heterocycles. The van der Waals surface area contributed by atoms with Crippen molar-refractivity contribution in [3.8, 4) is 11.1 Å². The van der Waals surface area contributed by atoms with Crippen molar-refractivity contribution in [1.82, 2.24) is 19.4 Å². The summed E-state index contributed by atoms with van der Waals surface area (Å²) in [5.41, 5.74) is 9.73. The van der Waals surface area contributed by atoms with Crippen LogP contribution in [0.5, 0.6) is 0 Å². The number of fused-ring (bicyclic) bond motifs is 1. The van der Waals surface area contributed by atoms with Gasteiger partial charge in [0, 0.05) is 31.4 Å². The first-order valence-electron chi connectivity index (χ1n) is 14.6. The number of aromatic nitrogens is 3. The first-order valence-corrected chi connectivity index (χ1v) is 16.6. The number of urea groups is 1. The average Bonchev–Trinajstić information content (AvgIpc) is 3.54. The zero-order chi connectivity index (χ0) is 32.2. The molecule has 234 valence electrons. The van der Waals surface area contributed by atoms with Gasteiger partial charge in [0.1, 0.15) is 10.6 Å². The van der Waals surface area contributed by atoms with Crippen molar-refractivity contribution in [3.05, 3.63) is 108 Å². The average molecular weight is 659 g/mol. The van der Waals surface area contributed by atoms with Crippen molar-refractivity contribution in [2.75, 3.05) is 23.7 Å². The molecule has 0 radical (unpaired) electrons. The number of nitrogens with zero attached hydrogens (tertiary/aromatic N) is 5. The number of pyridine rings is 1. The van der Waals surface area contributed by atoms with Crippen molar-refractivity contribution < 1.29 is 22.4 Å².